The number of nitrogens with two attached hydrogens (primary N) is 1. The maximum absolute atomic E-state index is 12.1. The van der Waals surface area contributed by atoms with Gasteiger partial charge in [-0.2, -0.15) is 0 Å². The zero-order valence-electron chi connectivity index (χ0n) is 10.0. The molecule has 0 spiro atoms. The minimum atomic E-state index is -0.00712. The molecule has 0 aromatic carbocycles. The average Bonchev–Trinajstić information content (AvgIpc) is 2.74. The predicted octanol–water partition coefficient (Wildman–Crippen LogP) is 0.317. The second-order valence-electron chi connectivity index (χ2n) is 4.24. The highest BCUT2D eigenvalue weighted by molar-refractivity contribution is 5.78. The van der Waals surface area contributed by atoms with Gasteiger partial charge in [-0.15, -0.1) is 0 Å². The first-order valence-electron chi connectivity index (χ1n) is 5.83. The van der Waals surface area contributed by atoms with Crippen LogP contribution in [-0.2, 0) is 16.0 Å². The smallest absolute Gasteiger partial charge is 0.230 e. The third-order valence-electron chi connectivity index (χ3n) is 2.94. The van der Waals surface area contributed by atoms with Crippen molar-refractivity contribution < 1.29 is 13.9 Å². The summed E-state index contributed by atoms with van der Waals surface area (Å²) in [6.45, 7) is 4.02. The number of furan rings is 1. The second-order valence-corrected chi connectivity index (χ2v) is 4.24. The van der Waals surface area contributed by atoms with E-state index in [4.69, 9.17) is 14.9 Å². The summed E-state index contributed by atoms with van der Waals surface area (Å²) in [6, 6.07) is 3.69. The molecule has 0 radical (unpaired) electrons. The Bertz CT molecular complexity index is 389. The molecular weight excluding hydrogens is 220 g/mol. The minimum Gasteiger partial charge on any atom is -0.466 e. The van der Waals surface area contributed by atoms with Crippen molar-refractivity contribution in [3.63, 3.8) is 0 Å². The second kappa shape index (κ2) is 5.33. The number of carbonyl (C=O) groups excluding carboxylic acids is 1. The van der Waals surface area contributed by atoms with E-state index >= 15 is 0 Å². The molecule has 1 aliphatic heterocycles. The molecule has 5 heteroatoms. The molecule has 0 saturated carbocycles. The molecule has 1 aromatic heterocycles. The Morgan fingerprint density at radius 1 is 1.59 bits per heavy atom. The minimum absolute atomic E-state index is 0.00712. The van der Waals surface area contributed by atoms with Crippen LogP contribution in [0.15, 0.2) is 16.5 Å². The largest absolute Gasteiger partial charge is 0.466 e. The van der Waals surface area contributed by atoms with Crippen molar-refractivity contribution in [3.05, 3.63) is 23.7 Å². The van der Waals surface area contributed by atoms with Crippen molar-refractivity contribution in [1.82, 2.24) is 4.90 Å². The molecule has 1 atom stereocenters. The molecule has 2 heterocycles. The first-order chi connectivity index (χ1) is 8.20. The van der Waals surface area contributed by atoms with E-state index in [0.29, 0.717) is 38.5 Å². The molecule has 1 amide bonds. The number of amides is 1. The van der Waals surface area contributed by atoms with Gasteiger partial charge in [0, 0.05) is 13.1 Å². The molecular formula is C12H18N2O3. The summed E-state index contributed by atoms with van der Waals surface area (Å²) in [5.74, 6) is 1.58. The van der Waals surface area contributed by atoms with E-state index in [1.165, 1.54) is 0 Å². The number of aryl methyl sites for hydroxylation is 1. The van der Waals surface area contributed by atoms with Gasteiger partial charge in [0.1, 0.15) is 11.5 Å². The van der Waals surface area contributed by atoms with Gasteiger partial charge in [0.15, 0.2) is 0 Å². The maximum atomic E-state index is 12.1. The molecule has 1 saturated heterocycles. The van der Waals surface area contributed by atoms with Gasteiger partial charge in [0.25, 0.3) is 0 Å². The highest BCUT2D eigenvalue weighted by atomic mass is 16.5. The van der Waals surface area contributed by atoms with Gasteiger partial charge >= 0.3 is 0 Å². The highest BCUT2D eigenvalue weighted by Crippen LogP contribution is 2.12. The number of hydrogen-bond acceptors (Lipinski definition) is 4. The van der Waals surface area contributed by atoms with Crippen molar-refractivity contribution in [3.8, 4) is 0 Å². The zero-order valence-corrected chi connectivity index (χ0v) is 10.0. The molecule has 1 unspecified atom stereocenters. The molecule has 17 heavy (non-hydrogen) atoms. The van der Waals surface area contributed by atoms with Crippen molar-refractivity contribution >= 4 is 5.91 Å². The highest BCUT2D eigenvalue weighted by Gasteiger charge is 2.26. The van der Waals surface area contributed by atoms with E-state index in [9.17, 15) is 4.79 Å². The molecule has 1 fully saturated rings. The van der Waals surface area contributed by atoms with Crippen molar-refractivity contribution in [1.29, 1.82) is 0 Å². The Morgan fingerprint density at radius 3 is 3.06 bits per heavy atom. The molecule has 0 bridgehead atoms. The monoisotopic (exact) mass is 238 g/mol. The number of rotatable bonds is 3. The molecule has 5 nitrogen and oxygen atoms in total. The zero-order chi connectivity index (χ0) is 12.3. The quantitative estimate of drug-likeness (QED) is 0.823. The molecule has 1 aliphatic rings. The summed E-state index contributed by atoms with van der Waals surface area (Å²) in [7, 11) is 0. The van der Waals surface area contributed by atoms with Gasteiger partial charge in [0.2, 0.25) is 5.91 Å². The summed E-state index contributed by atoms with van der Waals surface area (Å²) in [6.07, 6.45) is 0.296. The van der Waals surface area contributed by atoms with Crippen LogP contribution in [0.3, 0.4) is 0 Å². The summed E-state index contributed by atoms with van der Waals surface area (Å²) >= 11 is 0. The van der Waals surface area contributed by atoms with Gasteiger partial charge in [0.05, 0.1) is 25.7 Å². The fourth-order valence-electron chi connectivity index (χ4n) is 2.01. The Balaban J connectivity index is 1.98. The van der Waals surface area contributed by atoms with Crippen LogP contribution in [0.2, 0.25) is 0 Å². The Morgan fingerprint density at radius 2 is 2.41 bits per heavy atom. The lowest BCUT2D eigenvalue weighted by molar-refractivity contribution is -0.138. The van der Waals surface area contributed by atoms with Crippen LogP contribution in [0, 0.1) is 6.92 Å². The van der Waals surface area contributed by atoms with Crippen LogP contribution < -0.4 is 5.73 Å². The molecule has 2 rings (SSSR count). The van der Waals surface area contributed by atoms with E-state index in [1.807, 2.05) is 19.1 Å². The van der Waals surface area contributed by atoms with Crippen molar-refractivity contribution in [2.45, 2.75) is 19.4 Å². The Hall–Kier alpha value is -1.33. The fraction of sp³-hybridized carbons (Fsp3) is 0.583. The van der Waals surface area contributed by atoms with Crippen LogP contribution in [0.4, 0.5) is 0 Å². The fourth-order valence-corrected chi connectivity index (χ4v) is 2.01. The van der Waals surface area contributed by atoms with Crippen LogP contribution in [0.25, 0.3) is 0 Å². The number of carbonyl (C=O) groups is 1. The summed E-state index contributed by atoms with van der Waals surface area (Å²) in [5, 5.41) is 0. The van der Waals surface area contributed by atoms with Crippen molar-refractivity contribution in [2.24, 2.45) is 5.73 Å². The Labute approximate surface area is 101 Å². The summed E-state index contributed by atoms with van der Waals surface area (Å²) in [4.78, 5) is 13.9. The molecule has 94 valence electrons. The van der Waals surface area contributed by atoms with Crippen molar-refractivity contribution in [2.75, 3.05) is 26.3 Å². The van der Waals surface area contributed by atoms with Crippen LogP contribution in [0.1, 0.15) is 11.5 Å². The van der Waals surface area contributed by atoms with E-state index < -0.39 is 0 Å². The molecule has 2 N–H and O–H groups in total. The summed E-state index contributed by atoms with van der Waals surface area (Å²) in [5.41, 5.74) is 5.63. The van der Waals surface area contributed by atoms with Gasteiger partial charge in [-0.25, -0.2) is 0 Å². The lowest BCUT2D eigenvalue weighted by Gasteiger charge is -2.34. The van der Waals surface area contributed by atoms with E-state index in [0.717, 1.165) is 5.76 Å². The SMILES string of the molecule is Cc1ccc(CC(=O)N2CCOCC2CN)o1. The van der Waals surface area contributed by atoms with E-state index in [2.05, 4.69) is 0 Å². The summed E-state index contributed by atoms with van der Waals surface area (Å²) < 4.78 is 10.7. The standard InChI is InChI=1S/C12H18N2O3/c1-9-2-3-11(17-9)6-12(15)14-4-5-16-8-10(14)7-13/h2-3,10H,4-8,13H2,1H3. The third kappa shape index (κ3) is 2.87. The molecule has 0 aliphatic carbocycles. The van der Waals surface area contributed by atoms with Gasteiger partial charge in [-0.1, -0.05) is 0 Å². The lowest BCUT2D eigenvalue weighted by atomic mass is 10.2. The number of ether oxygens (including phenoxy) is 1. The lowest BCUT2D eigenvalue weighted by Crippen LogP contribution is -2.52. The topological polar surface area (TPSA) is 68.7 Å². The predicted molar refractivity (Wildman–Crippen MR) is 62.5 cm³/mol. The maximum Gasteiger partial charge on any atom is 0.230 e. The number of morpholine rings is 1. The first-order valence-corrected chi connectivity index (χ1v) is 5.83. The van der Waals surface area contributed by atoms with Gasteiger partial charge in [-0.05, 0) is 19.1 Å². The number of hydrogen-bond donors (Lipinski definition) is 1. The van der Waals surface area contributed by atoms with Gasteiger partial charge < -0.3 is 19.8 Å². The van der Waals surface area contributed by atoms with Crippen LogP contribution in [0.5, 0.6) is 0 Å². The van der Waals surface area contributed by atoms with Crippen LogP contribution in [-0.4, -0.2) is 43.2 Å². The normalized spacial score (nSPS) is 20.6. The van der Waals surface area contributed by atoms with E-state index in [1.54, 1.807) is 4.90 Å². The third-order valence-corrected chi connectivity index (χ3v) is 2.94. The average molecular weight is 238 g/mol. The first kappa shape index (κ1) is 12.1. The number of nitrogens with zero attached hydrogens (tertiary/aromatic N) is 1. The van der Waals surface area contributed by atoms with Crippen LogP contribution >= 0.6 is 0 Å². The Kier molecular flexibility index (Phi) is 3.81. The van der Waals surface area contributed by atoms with Gasteiger partial charge in [-0.3, -0.25) is 4.79 Å². The molecule has 1 aromatic rings. The van der Waals surface area contributed by atoms with E-state index in [-0.39, 0.29) is 11.9 Å².